The van der Waals surface area contributed by atoms with Gasteiger partial charge in [0.1, 0.15) is 0 Å². The molecule has 0 fully saturated rings. The van der Waals surface area contributed by atoms with E-state index in [1.165, 1.54) is 12.1 Å². The zero-order valence-electron chi connectivity index (χ0n) is 10.3. The first kappa shape index (κ1) is 13.1. The number of nitrogens with zero attached hydrogens (tertiary/aromatic N) is 1. The predicted molar refractivity (Wildman–Crippen MR) is 73.1 cm³/mol. The van der Waals surface area contributed by atoms with Crippen LogP contribution in [0.2, 0.25) is 0 Å². The predicted octanol–water partition coefficient (Wildman–Crippen LogP) is 2.67. The highest BCUT2D eigenvalue weighted by Gasteiger charge is 2.14. The summed E-state index contributed by atoms with van der Waals surface area (Å²) in [5, 5.41) is 8.79. The zero-order valence-corrected chi connectivity index (χ0v) is 11.1. The molecule has 0 aliphatic carbocycles. The molecule has 0 radical (unpaired) electrons. The van der Waals surface area contributed by atoms with Gasteiger partial charge >= 0.3 is 0 Å². The minimum absolute atomic E-state index is 0.0769. The van der Waals surface area contributed by atoms with Crippen LogP contribution in [0.5, 0.6) is 0 Å². The van der Waals surface area contributed by atoms with Crippen molar-refractivity contribution in [3.8, 4) is 6.07 Å². The molecule has 0 saturated heterocycles. The van der Waals surface area contributed by atoms with Crippen LogP contribution in [-0.4, -0.2) is 8.42 Å². The molecular weight excluding hydrogens is 260 g/mol. The average molecular weight is 272 g/mol. The Bertz CT molecular complexity index is 746. The lowest BCUT2D eigenvalue weighted by Crippen LogP contribution is -2.13. The lowest BCUT2D eigenvalue weighted by molar-refractivity contribution is 0.601. The number of nitriles is 1. The van der Waals surface area contributed by atoms with Crippen molar-refractivity contribution in [3.05, 3.63) is 59.7 Å². The maximum atomic E-state index is 12.2. The number of anilines is 1. The fraction of sp³-hybridized carbons (Fsp3) is 0.0714. The van der Waals surface area contributed by atoms with Crippen molar-refractivity contribution in [2.45, 2.75) is 11.8 Å². The SMILES string of the molecule is Cc1cccc(NS(=O)(=O)c2cccc(C#N)c2)c1. The van der Waals surface area contributed by atoms with E-state index in [1.54, 1.807) is 30.3 Å². The molecule has 0 unspecified atom stereocenters. The van der Waals surface area contributed by atoms with E-state index in [2.05, 4.69) is 4.72 Å². The van der Waals surface area contributed by atoms with Crippen molar-refractivity contribution in [3.63, 3.8) is 0 Å². The van der Waals surface area contributed by atoms with Gasteiger partial charge in [0, 0.05) is 5.69 Å². The average Bonchev–Trinajstić information content (AvgIpc) is 2.38. The van der Waals surface area contributed by atoms with Gasteiger partial charge in [0.25, 0.3) is 10.0 Å². The molecule has 1 N–H and O–H groups in total. The van der Waals surface area contributed by atoms with Crippen molar-refractivity contribution >= 4 is 15.7 Å². The van der Waals surface area contributed by atoms with Crippen molar-refractivity contribution in [2.24, 2.45) is 0 Å². The molecule has 0 aliphatic heterocycles. The number of sulfonamides is 1. The molecule has 0 saturated carbocycles. The molecule has 0 aromatic heterocycles. The molecule has 19 heavy (non-hydrogen) atoms. The topological polar surface area (TPSA) is 70.0 Å². The van der Waals surface area contributed by atoms with Gasteiger partial charge in [0.05, 0.1) is 16.5 Å². The first-order valence-corrected chi connectivity index (χ1v) is 7.09. The van der Waals surface area contributed by atoms with Crippen molar-refractivity contribution < 1.29 is 8.42 Å². The Labute approximate surface area is 112 Å². The van der Waals surface area contributed by atoms with Crippen molar-refractivity contribution in [1.29, 1.82) is 5.26 Å². The minimum Gasteiger partial charge on any atom is -0.280 e. The first-order chi connectivity index (χ1) is 9.01. The molecular formula is C14H12N2O2S. The highest BCUT2D eigenvalue weighted by atomic mass is 32.2. The Kier molecular flexibility index (Phi) is 3.54. The second-order valence-electron chi connectivity index (χ2n) is 4.11. The maximum absolute atomic E-state index is 12.2. The molecule has 0 bridgehead atoms. The molecule has 0 atom stereocenters. The van der Waals surface area contributed by atoms with Crippen LogP contribution in [0.15, 0.2) is 53.4 Å². The van der Waals surface area contributed by atoms with E-state index in [0.29, 0.717) is 11.3 Å². The number of hydrogen-bond donors (Lipinski definition) is 1. The highest BCUT2D eigenvalue weighted by molar-refractivity contribution is 7.92. The van der Waals surface area contributed by atoms with Gasteiger partial charge in [-0.05, 0) is 42.8 Å². The lowest BCUT2D eigenvalue weighted by Gasteiger charge is -2.08. The maximum Gasteiger partial charge on any atom is 0.261 e. The fourth-order valence-electron chi connectivity index (χ4n) is 1.66. The molecule has 0 spiro atoms. The standard InChI is InChI=1S/C14H12N2O2S/c1-11-4-2-6-13(8-11)16-19(17,18)14-7-3-5-12(9-14)10-15/h2-9,16H,1H3. The summed E-state index contributed by atoms with van der Waals surface area (Å²) in [6.07, 6.45) is 0. The Balaban J connectivity index is 2.35. The Morgan fingerprint density at radius 3 is 2.53 bits per heavy atom. The van der Waals surface area contributed by atoms with Crippen LogP contribution >= 0.6 is 0 Å². The third-order valence-corrected chi connectivity index (χ3v) is 3.92. The van der Waals surface area contributed by atoms with Crippen LogP contribution in [-0.2, 0) is 10.0 Å². The second kappa shape index (κ2) is 5.12. The largest absolute Gasteiger partial charge is 0.280 e. The number of hydrogen-bond acceptors (Lipinski definition) is 3. The van der Waals surface area contributed by atoms with Gasteiger partial charge < -0.3 is 0 Å². The molecule has 4 nitrogen and oxygen atoms in total. The van der Waals surface area contributed by atoms with Gasteiger partial charge in [0.2, 0.25) is 0 Å². The summed E-state index contributed by atoms with van der Waals surface area (Å²) in [7, 11) is -3.66. The van der Waals surface area contributed by atoms with E-state index in [-0.39, 0.29) is 4.90 Å². The quantitative estimate of drug-likeness (QED) is 0.933. The molecule has 2 aromatic carbocycles. The summed E-state index contributed by atoms with van der Waals surface area (Å²) in [5.74, 6) is 0. The molecule has 0 aliphatic rings. The Morgan fingerprint density at radius 1 is 1.11 bits per heavy atom. The molecule has 0 heterocycles. The van der Waals surface area contributed by atoms with Crippen molar-refractivity contribution in [2.75, 3.05) is 4.72 Å². The van der Waals surface area contributed by atoms with Gasteiger partial charge in [-0.2, -0.15) is 5.26 Å². The van der Waals surface area contributed by atoms with Crippen LogP contribution in [0.25, 0.3) is 0 Å². The third kappa shape index (κ3) is 3.12. The van der Waals surface area contributed by atoms with E-state index >= 15 is 0 Å². The summed E-state index contributed by atoms with van der Waals surface area (Å²) in [5.41, 5.74) is 1.78. The molecule has 96 valence electrons. The summed E-state index contributed by atoms with van der Waals surface area (Å²) in [4.78, 5) is 0.0769. The zero-order chi connectivity index (χ0) is 13.9. The van der Waals surface area contributed by atoms with Crippen LogP contribution in [0.3, 0.4) is 0 Å². The van der Waals surface area contributed by atoms with Crippen molar-refractivity contribution in [1.82, 2.24) is 0 Å². The Hall–Kier alpha value is -2.32. The number of rotatable bonds is 3. The van der Waals surface area contributed by atoms with Crippen LogP contribution in [0.1, 0.15) is 11.1 Å². The summed E-state index contributed by atoms with van der Waals surface area (Å²) >= 11 is 0. The van der Waals surface area contributed by atoms with Gasteiger partial charge in [-0.25, -0.2) is 8.42 Å². The summed E-state index contributed by atoms with van der Waals surface area (Å²) in [6, 6.07) is 14.9. The monoisotopic (exact) mass is 272 g/mol. The number of aryl methyl sites for hydroxylation is 1. The van der Waals surface area contributed by atoms with Crippen LogP contribution < -0.4 is 4.72 Å². The molecule has 2 aromatic rings. The molecule has 5 heteroatoms. The number of benzene rings is 2. The molecule has 0 amide bonds. The van der Waals surface area contributed by atoms with E-state index in [0.717, 1.165) is 5.56 Å². The summed E-state index contributed by atoms with van der Waals surface area (Å²) < 4.78 is 26.8. The van der Waals surface area contributed by atoms with Crippen LogP contribution in [0, 0.1) is 18.3 Å². The molecule has 2 rings (SSSR count). The van der Waals surface area contributed by atoms with E-state index in [4.69, 9.17) is 5.26 Å². The van der Waals surface area contributed by atoms with Gasteiger partial charge in [-0.1, -0.05) is 18.2 Å². The van der Waals surface area contributed by atoms with Gasteiger partial charge in [-0.15, -0.1) is 0 Å². The fourth-order valence-corrected chi connectivity index (χ4v) is 2.75. The normalized spacial score (nSPS) is 10.7. The van der Waals surface area contributed by atoms with E-state index in [9.17, 15) is 8.42 Å². The smallest absolute Gasteiger partial charge is 0.261 e. The first-order valence-electron chi connectivity index (χ1n) is 5.61. The van der Waals surface area contributed by atoms with Gasteiger partial charge in [0.15, 0.2) is 0 Å². The summed E-state index contributed by atoms with van der Waals surface area (Å²) in [6.45, 7) is 1.88. The minimum atomic E-state index is -3.66. The lowest BCUT2D eigenvalue weighted by atomic mass is 10.2. The Morgan fingerprint density at radius 2 is 1.84 bits per heavy atom. The van der Waals surface area contributed by atoms with E-state index in [1.807, 2.05) is 19.1 Å². The van der Waals surface area contributed by atoms with E-state index < -0.39 is 10.0 Å². The highest BCUT2D eigenvalue weighted by Crippen LogP contribution is 2.17. The number of nitrogens with one attached hydrogen (secondary N) is 1. The third-order valence-electron chi connectivity index (χ3n) is 2.54. The van der Waals surface area contributed by atoms with Crippen LogP contribution in [0.4, 0.5) is 5.69 Å². The van der Waals surface area contributed by atoms with Gasteiger partial charge in [-0.3, -0.25) is 4.72 Å². The second-order valence-corrected chi connectivity index (χ2v) is 5.80.